The Balaban J connectivity index is 1.28. The van der Waals surface area contributed by atoms with E-state index in [0.29, 0.717) is 31.5 Å². The number of benzene rings is 2. The zero-order valence-electron chi connectivity index (χ0n) is 18.1. The van der Waals surface area contributed by atoms with Gasteiger partial charge < -0.3 is 14.8 Å². The smallest absolute Gasteiger partial charge is 0.253 e. The highest BCUT2D eigenvalue weighted by Crippen LogP contribution is 2.31. The van der Waals surface area contributed by atoms with Crippen molar-refractivity contribution in [1.82, 2.24) is 14.5 Å². The molecular weight excluding hydrogens is 400 g/mol. The number of pyridine rings is 1. The van der Waals surface area contributed by atoms with Gasteiger partial charge in [-0.3, -0.25) is 14.6 Å². The molecule has 5 rings (SSSR count). The first-order valence-corrected chi connectivity index (χ1v) is 11.2. The molecule has 0 radical (unpaired) electrons. The van der Waals surface area contributed by atoms with Crippen molar-refractivity contribution in [2.45, 2.75) is 26.3 Å². The van der Waals surface area contributed by atoms with Gasteiger partial charge in [0, 0.05) is 71.0 Å². The van der Waals surface area contributed by atoms with Crippen LogP contribution in [0.4, 0.5) is 5.69 Å². The maximum absolute atomic E-state index is 12.9. The summed E-state index contributed by atoms with van der Waals surface area (Å²) >= 11 is 0. The SMILES string of the molecule is CCn1c2ccccc2c2cc(NC(=O)C3CCN(C(=O)c4ccncc4)CC3)ccc21. The van der Waals surface area contributed by atoms with Crippen LogP contribution in [0.2, 0.25) is 0 Å². The molecule has 2 aromatic heterocycles. The third-order valence-corrected chi connectivity index (χ3v) is 6.44. The predicted molar refractivity (Wildman–Crippen MR) is 127 cm³/mol. The minimum absolute atomic E-state index is 0.00373. The van der Waals surface area contributed by atoms with E-state index in [2.05, 4.69) is 52.1 Å². The number of amides is 2. The zero-order valence-corrected chi connectivity index (χ0v) is 18.1. The minimum atomic E-state index is -0.0934. The van der Waals surface area contributed by atoms with Gasteiger partial charge in [-0.1, -0.05) is 18.2 Å². The molecule has 1 saturated heterocycles. The number of rotatable bonds is 4. The van der Waals surface area contributed by atoms with Crippen LogP contribution in [0.25, 0.3) is 21.8 Å². The number of hydrogen-bond acceptors (Lipinski definition) is 3. The molecule has 0 atom stereocenters. The second-order valence-electron chi connectivity index (χ2n) is 8.28. The Morgan fingerprint density at radius 3 is 2.44 bits per heavy atom. The van der Waals surface area contributed by atoms with Crippen molar-refractivity contribution >= 4 is 39.3 Å². The lowest BCUT2D eigenvalue weighted by Gasteiger charge is -2.31. The fourth-order valence-electron chi connectivity index (χ4n) is 4.74. The fraction of sp³-hybridized carbons (Fsp3) is 0.269. The highest BCUT2D eigenvalue weighted by atomic mass is 16.2. The first kappa shape index (κ1) is 20.2. The van der Waals surface area contributed by atoms with E-state index in [1.54, 1.807) is 24.5 Å². The monoisotopic (exact) mass is 426 g/mol. The molecule has 0 unspecified atom stereocenters. The number of piperidine rings is 1. The number of carbonyl (C=O) groups excluding carboxylic acids is 2. The van der Waals surface area contributed by atoms with Gasteiger partial charge in [0.2, 0.25) is 5.91 Å². The number of likely N-dealkylation sites (tertiary alicyclic amines) is 1. The number of nitrogens with one attached hydrogen (secondary N) is 1. The molecule has 0 saturated carbocycles. The van der Waals surface area contributed by atoms with Crippen molar-refractivity contribution in [2.24, 2.45) is 5.92 Å². The number of aromatic nitrogens is 2. The standard InChI is InChI=1S/C26H26N4O2/c1-2-30-23-6-4-3-5-21(23)22-17-20(7-8-24(22)30)28-25(31)18-11-15-29(16-12-18)26(32)19-9-13-27-14-10-19/h3-10,13-14,17-18H,2,11-12,15-16H2,1H3,(H,28,31). The Bertz CT molecular complexity index is 1290. The number of nitrogens with zero attached hydrogens (tertiary/aromatic N) is 3. The molecule has 0 bridgehead atoms. The van der Waals surface area contributed by atoms with Crippen LogP contribution in [0.5, 0.6) is 0 Å². The molecule has 2 aromatic carbocycles. The molecule has 1 aliphatic heterocycles. The summed E-state index contributed by atoms with van der Waals surface area (Å²) in [5, 5.41) is 5.46. The highest BCUT2D eigenvalue weighted by Gasteiger charge is 2.28. The van der Waals surface area contributed by atoms with Gasteiger partial charge in [-0.05, 0) is 56.2 Å². The number of fused-ring (bicyclic) bond motifs is 3. The molecule has 1 fully saturated rings. The van der Waals surface area contributed by atoms with Crippen molar-refractivity contribution in [2.75, 3.05) is 18.4 Å². The van der Waals surface area contributed by atoms with Gasteiger partial charge in [0.1, 0.15) is 0 Å². The quantitative estimate of drug-likeness (QED) is 0.514. The highest BCUT2D eigenvalue weighted by molar-refractivity contribution is 6.10. The third-order valence-electron chi connectivity index (χ3n) is 6.44. The summed E-state index contributed by atoms with van der Waals surface area (Å²) in [5.41, 5.74) is 3.84. The molecule has 4 aromatic rings. The van der Waals surface area contributed by atoms with E-state index in [-0.39, 0.29) is 17.7 Å². The van der Waals surface area contributed by atoms with E-state index in [1.807, 2.05) is 17.0 Å². The van der Waals surface area contributed by atoms with Crippen LogP contribution in [0, 0.1) is 5.92 Å². The molecule has 1 N–H and O–H groups in total. The van der Waals surface area contributed by atoms with Crippen LogP contribution in [-0.4, -0.2) is 39.4 Å². The summed E-state index contributed by atoms with van der Waals surface area (Å²) in [6, 6.07) is 18.0. The van der Waals surface area contributed by atoms with E-state index in [0.717, 1.165) is 17.6 Å². The molecule has 0 spiro atoms. The average Bonchev–Trinajstić information content (AvgIpc) is 3.17. The molecule has 2 amide bonds. The molecule has 0 aliphatic carbocycles. The van der Waals surface area contributed by atoms with Gasteiger partial charge in [0.05, 0.1) is 0 Å². The summed E-state index contributed by atoms with van der Waals surface area (Å²) < 4.78 is 2.30. The number of carbonyl (C=O) groups is 2. The number of aryl methyl sites for hydroxylation is 1. The molecule has 6 heteroatoms. The molecule has 32 heavy (non-hydrogen) atoms. The maximum Gasteiger partial charge on any atom is 0.253 e. The largest absolute Gasteiger partial charge is 0.341 e. The van der Waals surface area contributed by atoms with Gasteiger partial charge in [-0.25, -0.2) is 0 Å². The Kier molecular flexibility index (Phi) is 5.35. The second kappa shape index (κ2) is 8.46. The van der Waals surface area contributed by atoms with Crippen molar-refractivity contribution in [1.29, 1.82) is 0 Å². The second-order valence-corrected chi connectivity index (χ2v) is 8.28. The molecule has 162 valence electrons. The number of para-hydroxylation sites is 1. The lowest BCUT2D eigenvalue weighted by Crippen LogP contribution is -2.41. The van der Waals surface area contributed by atoms with Crippen LogP contribution in [0.3, 0.4) is 0 Å². The van der Waals surface area contributed by atoms with Gasteiger partial charge >= 0.3 is 0 Å². The third kappa shape index (κ3) is 3.62. The molecule has 6 nitrogen and oxygen atoms in total. The van der Waals surface area contributed by atoms with E-state index in [1.165, 1.54) is 16.4 Å². The van der Waals surface area contributed by atoms with Crippen molar-refractivity contribution in [3.8, 4) is 0 Å². The zero-order chi connectivity index (χ0) is 22.1. The van der Waals surface area contributed by atoms with Gasteiger partial charge in [-0.2, -0.15) is 0 Å². The Labute approximate surface area is 186 Å². The molecular formula is C26H26N4O2. The van der Waals surface area contributed by atoms with Crippen molar-refractivity contribution in [3.63, 3.8) is 0 Å². The average molecular weight is 427 g/mol. The Hall–Kier alpha value is -3.67. The van der Waals surface area contributed by atoms with Crippen molar-refractivity contribution in [3.05, 3.63) is 72.6 Å². The molecule has 1 aliphatic rings. The summed E-state index contributed by atoms with van der Waals surface area (Å²) in [6.07, 6.45) is 4.59. The van der Waals surface area contributed by atoms with Crippen LogP contribution >= 0.6 is 0 Å². The normalized spacial score (nSPS) is 14.7. The lowest BCUT2D eigenvalue weighted by molar-refractivity contribution is -0.121. The van der Waals surface area contributed by atoms with Crippen LogP contribution in [-0.2, 0) is 11.3 Å². The molecule has 3 heterocycles. The number of hydrogen-bond donors (Lipinski definition) is 1. The van der Waals surface area contributed by atoms with E-state index in [9.17, 15) is 9.59 Å². The fourth-order valence-corrected chi connectivity index (χ4v) is 4.74. The van der Waals surface area contributed by atoms with Gasteiger partial charge in [0.15, 0.2) is 0 Å². The summed E-state index contributed by atoms with van der Waals surface area (Å²) in [5.74, 6) is -0.0622. The number of anilines is 1. The van der Waals surface area contributed by atoms with E-state index < -0.39 is 0 Å². The van der Waals surface area contributed by atoms with Crippen LogP contribution in [0.1, 0.15) is 30.1 Å². The van der Waals surface area contributed by atoms with Crippen molar-refractivity contribution < 1.29 is 9.59 Å². The first-order chi connectivity index (χ1) is 15.7. The van der Waals surface area contributed by atoms with E-state index >= 15 is 0 Å². The van der Waals surface area contributed by atoms with Gasteiger partial charge in [0.25, 0.3) is 5.91 Å². The van der Waals surface area contributed by atoms with Gasteiger partial charge in [-0.15, -0.1) is 0 Å². The van der Waals surface area contributed by atoms with Crippen LogP contribution < -0.4 is 5.32 Å². The topological polar surface area (TPSA) is 67.2 Å². The van der Waals surface area contributed by atoms with Crippen LogP contribution in [0.15, 0.2) is 67.0 Å². The minimum Gasteiger partial charge on any atom is -0.341 e. The predicted octanol–water partition coefficient (Wildman–Crippen LogP) is 4.70. The maximum atomic E-state index is 12.9. The lowest BCUT2D eigenvalue weighted by atomic mass is 9.95. The summed E-state index contributed by atoms with van der Waals surface area (Å²) in [4.78, 5) is 31.4. The van der Waals surface area contributed by atoms with E-state index in [4.69, 9.17) is 0 Å². The summed E-state index contributed by atoms with van der Waals surface area (Å²) in [7, 11) is 0. The Morgan fingerprint density at radius 1 is 0.969 bits per heavy atom. The summed E-state index contributed by atoms with van der Waals surface area (Å²) in [6.45, 7) is 4.21. The Morgan fingerprint density at radius 2 is 1.69 bits per heavy atom. The first-order valence-electron chi connectivity index (χ1n) is 11.2.